The third-order valence-corrected chi connectivity index (χ3v) is 3.72. The molecule has 1 aromatic heterocycles. The maximum atomic E-state index is 12.8. The number of carbonyl (C=O) groups excluding carboxylic acids is 4. The van der Waals surface area contributed by atoms with Gasteiger partial charge in [-0.25, -0.2) is 0 Å². The maximum absolute atomic E-state index is 12.8. The summed E-state index contributed by atoms with van der Waals surface area (Å²) in [5, 5.41) is 3.55. The second-order valence-electron chi connectivity index (χ2n) is 4.83. The van der Waals surface area contributed by atoms with Crippen molar-refractivity contribution in [3.05, 3.63) is 39.2 Å². The van der Waals surface area contributed by atoms with Gasteiger partial charge in [-0.05, 0) is 28.1 Å². The lowest BCUT2D eigenvalue weighted by Gasteiger charge is -2.18. The van der Waals surface area contributed by atoms with Crippen molar-refractivity contribution in [1.82, 2.24) is 5.16 Å². The molecule has 0 aliphatic heterocycles. The van der Waals surface area contributed by atoms with E-state index in [2.05, 4.69) is 21.1 Å². The highest BCUT2D eigenvalue weighted by atomic mass is 79.9. The molecule has 24 heavy (non-hydrogen) atoms. The van der Waals surface area contributed by atoms with Gasteiger partial charge in [-0.3, -0.25) is 19.2 Å². The van der Waals surface area contributed by atoms with Crippen molar-refractivity contribution in [2.75, 3.05) is 0 Å². The van der Waals surface area contributed by atoms with E-state index in [0.29, 0.717) is 0 Å². The first-order valence-electron chi connectivity index (χ1n) is 6.59. The summed E-state index contributed by atoms with van der Waals surface area (Å²) in [5.41, 5.74) is -0.490. The van der Waals surface area contributed by atoms with Gasteiger partial charge in [0.05, 0.1) is 11.1 Å². The van der Waals surface area contributed by atoms with Crippen LogP contribution in [-0.2, 0) is 9.59 Å². The number of fused-ring (bicyclic) bond motifs is 2. The van der Waals surface area contributed by atoms with E-state index in [1.807, 2.05) is 0 Å². The fraction of sp³-hybridized carbons (Fsp3) is 0.133. The van der Waals surface area contributed by atoms with Crippen molar-refractivity contribution >= 4 is 39.4 Å². The normalized spacial score (nSPS) is 12.5. The molecule has 0 atom stereocenters. The number of ether oxygens (including phenoxy) is 2. The Morgan fingerprint density at radius 3 is 1.96 bits per heavy atom. The second kappa shape index (κ2) is 5.68. The third kappa shape index (κ3) is 2.42. The first-order valence-corrected chi connectivity index (χ1v) is 7.39. The van der Waals surface area contributed by atoms with Crippen LogP contribution in [0.1, 0.15) is 45.9 Å². The quantitative estimate of drug-likeness (QED) is 0.480. The lowest BCUT2D eigenvalue weighted by molar-refractivity contribution is -0.133. The first kappa shape index (κ1) is 16.1. The second-order valence-corrected chi connectivity index (χ2v) is 5.59. The Morgan fingerprint density at radius 1 is 0.958 bits per heavy atom. The fourth-order valence-corrected chi connectivity index (χ4v) is 2.79. The number of halogens is 1. The minimum atomic E-state index is -0.706. The minimum Gasteiger partial charge on any atom is -0.426 e. The van der Waals surface area contributed by atoms with Crippen molar-refractivity contribution in [1.29, 1.82) is 0 Å². The summed E-state index contributed by atoms with van der Waals surface area (Å²) in [6, 6.07) is 2.54. The average Bonchev–Trinajstić information content (AvgIpc) is 2.87. The van der Waals surface area contributed by atoms with Crippen LogP contribution in [0, 0.1) is 0 Å². The first-order chi connectivity index (χ1) is 11.3. The van der Waals surface area contributed by atoms with Crippen LogP contribution in [-0.4, -0.2) is 28.7 Å². The summed E-state index contributed by atoms with van der Waals surface area (Å²) < 4.78 is 14.9. The van der Waals surface area contributed by atoms with Gasteiger partial charge in [0.15, 0.2) is 4.60 Å². The van der Waals surface area contributed by atoms with Gasteiger partial charge >= 0.3 is 11.9 Å². The number of rotatable bonds is 2. The van der Waals surface area contributed by atoms with E-state index < -0.39 is 23.5 Å². The van der Waals surface area contributed by atoms with Gasteiger partial charge in [0, 0.05) is 13.8 Å². The molecule has 0 N–H and O–H groups in total. The molecule has 0 bridgehead atoms. The number of esters is 2. The van der Waals surface area contributed by atoms with E-state index in [4.69, 9.17) is 14.0 Å². The lowest BCUT2D eigenvalue weighted by Crippen LogP contribution is -2.23. The Labute approximate surface area is 142 Å². The molecule has 0 fully saturated rings. The van der Waals surface area contributed by atoms with Gasteiger partial charge in [0.1, 0.15) is 17.1 Å². The average molecular weight is 394 g/mol. The number of benzene rings is 1. The Morgan fingerprint density at radius 2 is 1.46 bits per heavy atom. The topological polar surface area (TPSA) is 113 Å². The number of nitrogens with zero attached hydrogens (tertiary/aromatic N) is 1. The molecule has 0 unspecified atom stereocenters. The molecule has 3 rings (SSSR count). The number of carbonyl (C=O) groups is 4. The van der Waals surface area contributed by atoms with E-state index in [1.165, 1.54) is 12.1 Å². The van der Waals surface area contributed by atoms with Crippen molar-refractivity contribution < 1.29 is 33.2 Å². The van der Waals surface area contributed by atoms with Crippen LogP contribution < -0.4 is 9.47 Å². The van der Waals surface area contributed by atoms with Crippen LogP contribution in [0.3, 0.4) is 0 Å². The molecule has 1 aliphatic carbocycles. The van der Waals surface area contributed by atoms with Crippen molar-refractivity contribution in [2.45, 2.75) is 13.8 Å². The Hall–Kier alpha value is -2.81. The molecule has 0 amide bonds. The van der Waals surface area contributed by atoms with Crippen LogP contribution in [0.15, 0.2) is 21.3 Å². The maximum Gasteiger partial charge on any atom is 0.308 e. The summed E-state index contributed by atoms with van der Waals surface area (Å²) in [4.78, 5) is 48.0. The number of hydrogen-bond acceptors (Lipinski definition) is 8. The fourth-order valence-electron chi connectivity index (χ4n) is 2.36. The van der Waals surface area contributed by atoms with Crippen molar-refractivity contribution in [2.24, 2.45) is 0 Å². The summed E-state index contributed by atoms with van der Waals surface area (Å²) in [7, 11) is 0. The van der Waals surface area contributed by atoms with Crippen molar-refractivity contribution in [3.8, 4) is 11.5 Å². The molecular weight excluding hydrogens is 386 g/mol. The molecule has 122 valence electrons. The van der Waals surface area contributed by atoms with E-state index in [0.717, 1.165) is 13.8 Å². The molecule has 1 heterocycles. The Kier molecular flexibility index (Phi) is 3.80. The van der Waals surface area contributed by atoms with Crippen LogP contribution >= 0.6 is 15.9 Å². The summed E-state index contributed by atoms with van der Waals surface area (Å²) in [6.07, 6.45) is 0. The van der Waals surface area contributed by atoms with E-state index in [-0.39, 0.29) is 38.6 Å². The van der Waals surface area contributed by atoms with E-state index in [1.54, 1.807) is 0 Å². The predicted octanol–water partition coefficient (Wildman–Crippen LogP) is 2.06. The SMILES string of the molecule is CC(=O)Oc1ccc(OC(C)=O)c2c1C(=O)c1onc(Br)c1C2=O. The third-order valence-electron chi connectivity index (χ3n) is 3.17. The number of hydrogen-bond donors (Lipinski definition) is 0. The molecular formula is C15H8BrNO7. The zero-order chi connectivity index (χ0) is 17.6. The van der Waals surface area contributed by atoms with Gasteiger partial charge in [-0.15, -0.1) is 0 Å². The highest BCUT2D eigenvalue weighted by molar-refractivity contribution is 9.10. The van der Waals surface area contributed by atoms with Crippen LogP contribution in [0.5, 0.6) is 11.5 Å². The molecule has 8 nitrogen and oxygen atoms in total. The number of ketones is 2. The highest BCUT2D eigenvalue weighted by Crippen LogP contribution is 2.40. The minimum absolute atomic E-state index is 0.0492. The lowest BCUT2D eigenvalue weighted by atomic mass is 9.87. The molecule has 2 aromatic rings. The zero-order valence-corrected chi connectivity index (χ0v) is 13.9. The largest absolute Gasteiger partial charge is 0.426 e. The van der Waals surface area contributed by atoms with Crippen molar-refractivity contribution in [3.63, 3.8) is 0 Å². The molecule has 0 spiro atoms. The number of aromatic nitrogens is 1. The molecule has 1 aromatic carbocycles. The predicted molar refractivity (Wildman–Crippen MR) is 80.1 cm³/mol. The molecule has 0 saturated heterocycles. The molecule has 0 radical (unpaired) electrons. The van der Waals surface area contributed by atoms with Gasteiger partial charge in [0.2, 0.25) is 17.3 Å². The van der Waals surface area contributed by atoms with Crippen LogP contribution in [0.25, 0.3) is 0 Å². The molecule has 1 aliphatic rings. The standard InChI is InChI=1S/C15H8BrNO7/c1-5(18)22-7-3-4-8(23-6(2)19)10-9(7)12(20)11-14(13(10)21)24-17-15(11)16/h3-4H,1-2H3. The van der Waals surface area contributed by atoms with Crippen LogP contribution in [0.2, 0.25) is 0 Å². The highest BCUT2D eigenvalue weighted by Gasteiger charge is 2.41. The molecule has 0 saturated carbocycles. The smallest absolute Gasteiger partial charge is 0.308 e. The summed E-state index contributed by atoms with van der Waals surface area (Å²) in [6.45, 7) is 2.31. The Bertz CT molecular complexity index is 928. The summed E-state index contributed by atoms with van der Waals surface area (Å²) >= 11 is 3.03. The van der Waals surface area contributed by atoms with Gasteiger partial charge in [0.25, 0.3) is 0 Å². The summed E-state index contributed by atoms with van der Waals surface area (Å²) in [5.74, 6) is -3.24. The Balaban J connectivity index is 2.30. The van der Waals surface area contributed by atoms with Crippen LogP contribution in [0.4, 0.5) is 0 Å². The van der Waals surface area contributed by atoms with Gasteiger partial charge < -0.3 is 14.0 Å². The van der Waals surface area contributed by atoms with E-state index in [9.17, 15) is 19.2 Å². The van der Waals surface area contributed by atoms with E-state index >= 15 is 0 Å². The molecule has 9 heteroatoms. The monoisotopic (exact) mass is 393 g/mol. The zero-order valence-electron chi connectivity index (χ0n) is 12.3. The van der Waals surface area contributed by atoms with Gasteiger partial charge in [-0.2, -0.15) is 0 Å². The van der Waals surface area contributed by atoms with Gasteiger partial charge in [-0.1, -0.05) is 5.16 Å².